The summed E-state index contributed by atoms with van der Waals surface area (Å²) < 4.78 is 14.3. The Morgan fingerprint density at radius 1 is 0.871 bits per heavy atom. The zero-order chi connectivity index (χ0) is 21.5. The van der Waals surface area contributed by atoms with Crippen LogP contribution in [-0.4, -0.2) is 23.3 Å². The van der Waals surface area contributed by atoms with Crippen molar-refractivity contribution in [3.63, 3.8) is 0 Å². The summed E-state index contributed by atoms with van der Waals surface area (Å²) in [5.74, 6) is -1.21. The van der Waals surface area contributed by atoms with Gasteiger partial charge in [-0.3, -0.25) is 14.5 Å². The lowest BCUT2D eigenvalue weighted by atomic mass is 10.0. The van der Waals surface area contributed by atoms with Gasteiger partial charge in [0.15, 0.2) is 0 Å². The Balaban J connectivity index is 1.62. The van der Waals surface area contributed by atoms with E-state index in [9.17, 15) is 14.0 Å². The molecule has 2 aliphatic rings. The second-order valence-corrected chi connectivity index (χ2v) is 7.91. The minimum atomic E-state index is -0.431. The predicted octanol–water partition coefficient (Wildman–Crippen LogP) is 4.48. The number of nitrogens with zero attached hydrogens (tertiary/aromatic N) is 2. The molecule has 31 heavy (non-hydrogen) atoms. The number of halogens is 1. The number of carbonyl (C=O) groups is 2. The molecule has 0 saturated carbocycles. The molecular formula is C26H21FN2O2. The van der Waals surface area contributed by atoms with E-state index in [2.05, 4.69) is 0 Å². The SMILES string of the molecule is Cc1ccc(C2=C(N3CCc4ccccc43)C(=O)N(Cc3ccccc3F)C2=O)cc1. The van der Waals surface area contributed by atoms with Crippen molar-refractivity contribution in [2.75, 3.05) is 11.4 Å². The molecule has 154 valence electrons. The first kappa shape index (κ1) is 19.2. The molecule has 4 nitrogen and oxygen atoms in total. The van der Waals surface area contributed by atoms with E-state index in [-0.39, 0.29) is 12.5 Å². The van der Waals surface area contributed by atoms with Crippen molar-refractivity contribution in [1.29, 1.82) is 0 Å². The Kier molecular flexibility index (Phi) is 4.66. The molecule has 0 radical (unpaired) electrons. The third kappa shape index (κ3) is 3.22. The molecule has 0 aromatic heterocycles. The first-order chi connectivity index (χ1) is 15.0. The summed E-state index contributed by atoms with van der Waals surface area (Å²) in [4.78, 5) is 30.1. The van der Waals surface area contributed by atoms with Gasteiger partial charge in [0.2, 0.25) is 0 Å². The number of hydrogen-bond acceptors (Lipinski definition) is 3. The van der Waals surface area contributed by atoms with Crippen molar-refractivity contribution in [3.05, 3.63) is 107 Å². The third-order valence-electron chi connectivity index (χ3n) is 5.93. The smallest absolute Gasteiger partial charge is 0.278 e. The molecule has 2 aliphatic heterocycles. The van der Waals surface area contributed by atoms with Crippen LogP contribution in [0.4, 0.5) is 10.1 Å². The number of hydrogen-bond donors (Lipinski definition) is 0. The van der Waals surface area contributed by atoms with Crippen LogP contribution in [-0.2, 0) is 22.6 Å². The first-order valence-electron chi connectivity index (χ1n) is 10.3. The first-order valence-corrected chi connectivity index (χ1v) is 10.3. The van der Waals surface area contributed by atoms with E-state index in [1.165, 1.54) is 6.07 Å². The Hall–Kier alpha value is -3.73. The van der Waals surface area contributed by atoms with Gasteiger partial charge >= 0.3 is 0 Å². The van der Waals surface area contributed by atoms with Crippen molar-refractivity contribution >= 4 is 23.1 Å². The number of anilines is 1. The van der Waals surface area contributed by atoms with Crippen molar-refractivity contribution < 1.29 is 14.0 Å². The lowest BCUT2D eigenvalue weighted by molar-refractivity contribution is -0.137. The lowest BCUT2D eigenvalue weighted by Gasteiger charge is -2.22. The monoisotopic (exact) mass is 412 g/mol. The molecule has 5 heteroatoms. The molecule has 2 heterocycles. The number of benzene rings is 3. The standard InChI is InChI=1S/C26H21FN2O2/c1-17-10-12-19(13-11-17)23-24(28-15-14-18-6-3-5-9-22(18)28)26(31)29(25(23)30)16-20-7-2-4-8-21(20)27/h2-13H,14-16H2,1H3. The van der Waals surface area contributed by atoms with E-state index in [1.54, 1.807) is 18.2 Å². The molecule has 2 amide bonds. The maximum Gasteiger partial charge on any atom is 0.278 e. The van der Waals surface area contributed by atoms with Crippen LogP contribution in [0.25, 0.3) is 5.57 Å². The second-order valence-electron chi connectivity index (χ2n) is 7.91. The fourth-order valence-corrected chi connectivity index (χ4v) is 4.31. The van der Waals surface area contributed by atoms with Gasteiger partial charge in [-0.1, -0.05) is 66.2 Å². The fourth-order valence-electron chi connectivity index (χ4n) is 4.31. The Labute approximate surface area is 180 Å². The molecule has 0 N–H and O–H groups in total. The van der Waals surface area contributed by atoms with E-state index in [1.807, 2.05) is 60.4 Å². The van der Waals surface area contributed by atoms with Gasteiger partial charge in [-0.15, -0.1) is 0 Å². The lowest BCUT2D eigenvalue weighted by Crippen LogP contribution is -2.34. The van der Waals surface area contributed by atoms with Crippen LogP contribution in [0.5, 0.6) is 0 Å². The highest BCUT2D eigenvalue weighted by Crippen LogP contribution is 2.39. The van der Waals surface area contributed by atoms with E-state index >= 15 is 0 Å². The minimum Gasteiger partial charge on any atom is -0.336 e. The Bertz CT molecular complexity index is 1230. The van der Waals surface area contributed by atoms with Gasteiger partial charge < -0.3 is 4.90 Å². The molecule has 3 aromatic rings. The normalized spacial score (nSPS) is 15.8. The van der Waals surface area contributed by atoms with Crippen molar-refractivity contribution in [2.24, 2.45) is 0 Å². The molecule has 0 spiro atoms. The van der Waals surface area contributed by atoms with Gasteiger partial charge in [0, 0.05) is 17.8 Å². The van der Waals surface area contributed by atoms with Gasteiger partial charge in [0.25, 0.3) is 11.8 Å². The maximum atomic E-state index is 14.3. The highest BCUT2D eigenvalue weighted by molar-refractivity contribution is 6.36. The van der Waals surface area contributed by atoms with Crippen LogP contribution in [0.15, 0.2) is 78.5 Å². The molecule has 0 unspecified atom stereocenters. The van der Waals surface area contributed by atoms with Crippen LogP contribution >= 0.6 is 0 Å². The van der Waals surface area contributed by atoms with E-state index in [4.69, 9.17) is 0 Å². The molecule has 5 rings (SSSR count). The molecule has 3 aromatic carbocycles. The minimum absolute atomic E-state index is 0.0985. The number of rotatable bonds is 4. The number of imide groups is 1. The topological polar surface area (TPSA) is 40.6 Å². The molecule has 0 bridgehead atoms. The molecule has 0 fully saturated rings. The van der Waals surface area contributed by atoms with Crippen molar-refractivity contribution in [3.8, 4) is 0 Å². The van der Waals surface area contributed by atoms with E-state index in [0.717, 1.165) is 28.1 Å². The summed E-state index contributed by atoms with van der Waals surface area (Å²) in [6, 6.07) is 21.7. The van der Waals surface area contributed by atoms with Gasteiger partial charge in [-0.05, 0) is 36.6 Å². The Morgan fingerprint density at radius 2 is 1.58 bits per heavy atom. The fraction of sp³-hybridized carbons (Fsp3) is 0.154. The molecule has 0 aliphatic carbocycles. The largest absolute Gasteiger partial charge is 0.336 e. The summed E-state index contributed by atoms with van der Waals surface area (Å²) >= 11 is 0. The Morgan fingerprint density at radius 3 is 2.35 bits per heavy atom. The van der Waals surface area contributed by atoms with Crippen LogP contribution in [0.1, 0.15) is 22.3 Å². The predicted molar refractivity (Wildman–Crippen MR) is 118 cm³/mol. The third-order valence-corrected chi connectivity index (χ3v) is 5.93. The number of amides is 2. The molecule has 0 atom stereocenters. The summed E-state index contributed by atoms with van der Waals surface area (Å²) in [6.07, 6.45) is 0.801. The van der Waals surface area contributed by atoms with Gasteiger partial charge in [0.1, 0.15) is 11.5 Å². The zero-order valence-corrected chi connectivity index (χ0v) is 17.1. The zero-order valence-electron chi connectivity index (χ0n) is 17.1. The average Bonchev–Trinajstić information content (AvgIpc) is 3.30. The van der Waals surface area contributed by atoms with Crippen LogP contribution in [0.2, 0.25) is 0 Å². The quantitative estimate of drug-likeness (QED) is 0.594. The highest BCUT2D eigenvalue weighted by atomic mass is 19.1. The molecule has 0 saturated heterocycles. The maximum absolute atomic E-state index is 14.3. The van der Waals surface area contributed by atoms with Gasteiger partial charge in [-0.2, -0.15) is 0 Å². The number of fused-ring (bicyclic) bond motifs is 1. The van der Waals surface area contributed by atoms with E-state index < -0.39 is 11.7 Å². The second kappa shape index (κ2) is 7.51. The van der Waals surface area contributed by atoms with Crippen molar-refractivity contribution in [1.82, 2.24) is 4.90 Å². The highest BCUT2D eigenvalue weighted by Gasteiger charge is 2.43. The van der Waals surface area contributed by atoms with Crippen molar-refractivity contribution in [2.45, 2.75) is 19.9 Å². The summed E-state index contributed by atoms with van der Waals surface area (Å²) in [5.41, 5.74) is 4.91. The van der Waals surface area contributed by atoms with Gasteiger partial charge in [-0.25, -0.2) is 4.39 Å². The van der Waals surface area contributed by atoms with Gasteiger partial charge in [0.05, 0.1) is 12.1 Å². The number of para-hydroxylation sites is 1. The van der Waals surface area contributed by atoms with Crippen LogP contribution in [0, 0.1) is 12.7 Å². The number of carbonyl (C=O) groups excluding carboxylic acids is 2. The van der Waals surface area contributed by atoms with Crippen LogP contribution < -0.4 is 4.90 Å². The molecular weight excluding hydrogens is 391 g/mol. The number of aryl methyl sites for hydroxylation is 1. The van der Waals surface area contributed by atoms with E-state index in [0.29, 0.717) is 28.9 Å². The summed E-state index contributed by atoms with van der Waals surface area (Å²) in [7, 11) is 0. The summed E-state index contributed by atoms with van der Waals surface area (Å²) in [5, 5.41) is 0. The summed E-state index contributed by atoms with van der Waals surface area (Å²) in [6.45, 7) is 2.50. The average molecular weight is 412 g/mol. The van der Waals surface area contributed by atoms with Crippen LogP contribution in [0.3, 0.4) is 0 Å².